The second-order valence-corrected chi connectivity index (χ2v) is 8.11. The fraction of sp³-hybridized carbons (Fsp3) is 0.615. The molecule has 0 amide bonds. The van der Waals surface area contributed by atoms with Crippen LogP contribution in [0.5, 0.6) is 0 Å². The molecule has 7 heteroatoms. The topological polar surface area (TPSA) is 62.2 Å². The van der Waals surface area contributed by atoms with E-state index in [-0.39, 0.29) is 23.9 Å². The van der Waals surface area contributed by atoms with Gasteiger partial charge in [-0.25, -0.2) is 18.3 Å². The van der Waals surface area contributed by atoms with Crippen molar-refractivity contribution in [2.24, 2.45) is 0 Å². The Morgan fingerprint density at radius 1 is 1.40 bits per heavy atom. The summed E-state index contributed by atoms with van der Waals surface area (Å²) in [5.41, 5.74) is -1.02. The Bertz CT molecular complexity index is 508. The number of hydrogen-bond donors (Lipinski definition) is 2. The van der Waals surface area contributed by atoms with Gasteiger partial charge in [0.15, 0.2) is 0 Å². The first kappa shape index (κ1) is 17.5. The monoisotopic (exact) mass is 322 g/mol. The lowest BCUT2D eigenvalue weighted by atomic mass is 9.94. The van der Waals surface area contributed by atoms with Crippen molar-refractivity contribution in [1.82, 2.24) is 9.71 Å². The highest BCUT2D eigenvalue weighted by Gasteiger charge is 2.35. The summed E-state index contributed by atoms with van der Waals surface area (Å²) in [6, 6.07) is 2.56. The number of nitrogens with one attached hydrogen (secondary N) is 1. The quantitative estimate of drug-likeness (QED) is 0.819. The van der Waals surface area contributed by atoms with E-state index in [4.69, 9.17) is 11.6 Å². The summed E-state index contributed by atoms with van der Waals surface area (Å²) >= 11 is 5.81. The fourth-order valence-electron chi connectivity index (χ4n) is 1.60. The van der Waals surface area contributed by atoms with Crippen LogP contribution < -0.4 is 4.72 Å². The highest BCUT2D eigenvalue weighted by atomic mass is 35.5. The number of pyridine rings is 1. The molecule has 1 aromatic heterocycles. The number of aliphatic hydroxyl groups excluding tert-OH is 1. The van der Waals surface area contributed by atoms with Gasteiger partial charge < -0.3 is 5.11 Å². The van der Waals surface area contributed by atoms with Crippen molar-refractivity contribution in [2.45, 2.75) is 44.4 Å². The van der Waals surface area contributed by atoms with Crippen LogP contribution in [0.2, 0.25) is 5.15 Å². The van der Waals surface area contributed by atoms with E-state index in [1.54, 1.807) is 27.7 Å². The van der Waals surface area contributed by atoms with Crippen LogP contribution in [0.3, 0.4) is 0 Å². The molecule has 0 bridgehead atoms. The van der Waals surface area contributed by atoms with Gasteiger partial charge in [0.05, 0.1) is 27.0 Å². The van der Waals surface area contributed by atoms with E-state index in [9.17, 15) is 13.7 Å². The van der Waals surface area contributed by atoms with Gasteiger partial charge in [-0.15, -0.1) is 0 Å². The third kappa shape index (κ3) is 4.22. The van der Waals surface area contributed by atoms with Crippen LogP contribution in [-0.4, -0.2) is 25.7 Å². The van der Waals surface area contributed by atoms with E-state index in [2.05, 4.69) is 9.71 Å². The molecule has 0 saturated carbocycles. The number of hydrogen-bond acceptors (Lipinski definition) is 3. The van der Waals surface area contributed by atoms with E-state index < -0.39 is 27.1 Å². The molecule has 0 spiro atoms. The molecular formula is C13H20ClFN2O2S. The Balaban J connectivity index is 3.21. The van der Waals surface area contributed by atoms with Gasteiger partial charge >= 0.3 is 0 Å². The van der Waals surface area contributed by atoms with Gasteiger partial charge in [-0.1, -0.05) is 11.6 Å². The molecule has 0 radical (unpaired) electrons. The lowest BCUT2D eigenvalue weighted by molar-refractivity contribution is 0.232. The van der Waals surface area contributed by atoms with Crippen LogP contribution in [0.15, 0.2) is 12.1 Å². The molecular weight excluding hydrogens is 303 g/mol. The second kappa shape index (κ2) is 6.47. The molecule has 0 aliphatic heterocycles. The van der Waals surface area contributed by atoms with Crippen molar-refractivity contribution in [2.75, 3.05) is 6.61 Å². The molecule has 1 aromatic rings. The zero-order valence-corrected chi connectivity index (χ0v) is 13.6. The highest BCUT2D eigenvalue weighted by molar-refractivity contribution is 7.84. The number of nitrogens with zero attached hydrogens (tertiary/aromatic N) is 1. The molecule has 0 aliphatic carbocycles. The van der Waals surface area contributed by atoms with Crippen LogP contribution in [0.4, 0.5) is 4.39 Å². The van der Waals surface area contributed by atoms with E-state index in [1.165, 1.54) is 12.1 Å². The lowest BCUT2D eigenvalue weighted by Gasteiger charge is -2.32. The summed E-state index contributed by atoms with van der Waals surface area (Å²) in [5, 5.41) is 9.36. The summed E-state index contributed by atoms with van der Waals surface area (Å²) in [6.45, 7) is 6.86. The van der Waals surface area contributed by atoms with Gasteiger partial charge in [-0.2, -0.15) is 0 Å². The molecule has 114 valence electrons. The molecule has 0 aromatic carbocycles. The van der Waals surface area contributed by atoms with Crippen LogP contribution in [0.25, 0.3) is 0 Å². The van der Waals surface area contributed by atoms with Gasteiger partial charge in [0, 0.05) is 6.61 Å². The number of aromatic nitrogens is 1. The molecule has 2 atom stereocenters. The molecule has 2 N–H and O–H groups in total. The summed E-state index contributed by atoms with van der Waals surface area (Å²) in [6.07, 6.45) is 0.166. The molecule has 0 unspecified atom stereocenters. The summed E-state index contributed by atoms with van der Waals surface area (Å²) in [7, 11) is -1.43. The smallest absolute Gasteiger partial charge is 0.146 e. The zero-order valence-electron chi connectivity index (χ0n) is 12.0. The van der Waals surface area contributed by atoms with Crippen molar-refractivity contribution in [3.05, 3.63) is 28.8 Å². The maximum atomic E-state index is 14.0. The second-order valence-electron chi connectivity index (χ2n) is 5.75. The summed E-state index contributed by atoms with van der Waals surface area (Å²) in [4.78, 5) is 3.98. The Kier molecular flexibility index (Phi) is 5.66. The van der Waals surface area contributed by atoms with Gasteiger partial charge in [0.1, 0.15) is 11.0 Å². The first-order chi connectivity index (χ1) is 9.10. The van der Waals surface area contributed by atoms with Crippen molar-refractivity contribution in [3.63, 3.8) is 0 Å². The maximum absolute atomic E-state index is 14.0. The third-order valence-corrected chi connectivity index (χ3v) is 4.78. The minimum absolute atomic E-state index is 0.0525. The lowest BCUT2D eigenvalue weighted by Crippen LogP contribution is -2.47. The van der Waals surface area contributed by atoms with Crippen LogP contribution >= 0.6 is 11.6 Å². The largest absolute Gasteiger partial charge is 0.396 e. The van der Waals surface area contributed by atoms with Crippen LogP contribution in [-0.2, 0) is 16.5 Å². The first-order valence-corrected chi connectivity index (χ1v) is 7.76. The molecule has 1 rings (SSSR count). The molecule has 20 heavy (non-hydrogen) atoms. The van der Waals surface area contributed by atoms with Gasteiger partial charge in [-0.05, 0) is 46.2 Å². The Hall–Kier alpha value is -0.560. The van der Waals surface area contributed by atoms with E-state index in [0.717, 1.165) is 0 Å². The van der Waals surface area contributed by atoms with Crippen molar-refractivity contribution in [3.8, 4) is 0 Å². The van der Waals surface area contributed by atoms with E-state index in [0.29, 0.717) is 0 Å². The number of aliphatic hydroxyl groups is 1. The molecule has 0 aliphatic rings. The average Bonchev–Trinajstić information content (AvgIpc) is 2.31. The Morgan fingerprint density at radius 3 is 2.50 bits per heavy atom. The molecule has 0 saturated heterocycles. The van der Waals surface area contributed by atoms with E-state index in [1.807, 2.05) is 0 Å². The third-order valence-electron chi connectivity index (χ3n) is 2.82. The standard InChI is InChI=1S/C13H20ClFN2O2S/c1-12(2,3)20(19)17-13(4,7-8-18)11-9(15)5-6-10(14)16-11/h5-6,17-18H,7-8H2,1-4H3/t13-,20+/m0/s1. The maximum Gasteiger partial charge on any atom is 0.146 e. The predicted octanol–water partition coefficient (Wildman–Crippen LogP) is 2.52. The summed E-state index contributed by atoms with van der Waals surface area (Å²) < 4.78 is 28.6. The van der Waals surface area contributed by atoms with Crippen molar-refractivity contribution >= 4 is 22.6 Å². The van der Waals surface area contributed by atoms with Gasteiger partial charge in [0.25, 0.3) is 0 Å². The average molecular weight is 323 g/mol. The molecule has 4 nitrogen and oxygen atoms in total. The van der Waals surface area contributed by atoms with Crippen LogP contribution in [0.1, 0.15) is 39.8 Å². The highest BCUT2D eigenvalue weighted by Crippen LogP contribution is 2.28. The minimum Gasteiger partial charge on any atom is -0.396 e. The normalized spacial score (nSPS) is 16.8. The SMILES string of the molecule is CC(C)(C)[S@@](=O)N[C@@](C)(CCO)c1nc(Cl)ccc1F. The number of rotatable bonds is 5. The molecule has 1 heterocycles. The van der Waals surface area contributed by atoms with Gasteiger partial charge in [0.2, 0.25) is 0 Å². The van der Waals surface area contributed by atoms with E-state index >= 15 is 0 Å². The fourth-order valence-corrected chi connectivity index (χ4v) is 2.67. The predicted molar refractivity (Wildman–Crippen MR) is 79.3 cm³/mol. The van der Waals surface area contributed by atoms with Crippen molar-refractivity contribution in [1.29, 1.82) is 0 Å². The first-order valence-electron chi connectivity index (χ1n) is 6.23. The molecule has 0 fully saturated rings. The van der Waals surface area contributed by atoms with Gasteiger partial charge in [-0.3, -0.25) is 0 Å². The zero-order chi connectivity index (χ0) is 15.6. The Morgan fingerprint density at radius 2 is 2.00 bits per heavy atom. The van der Waals surface area contributed by atoms with Crippen LogP contribution in [0, 0.1) is 5.82 Å². The Labute approximate surface area is 126 Å². The number of halogens is 2. The summed E-state index contributed by atoms with van der Waals surface area (Å²) in [5.74, 6) is -0.552. The minimum atomic E-state index is -1.43. The van der Waals surface area contributed by atoms with Crippen molar-refractivity contribution < 1.29 is 13.7 Å².